The topological polar surface area (TPSA) is 126 Å². The first kappa shape index (κ1) is 25.7. The van der Waals surface area contributed by atoms with E-state index in [4.69, 9.17) is 4.74 Å². The van der Waals surface area contributed by atoms with Gasteiger partial charge in [0.1, 0.15) is 17.7 Å². The minimum atomic E-state index is -1.37. The van der Waals surface area contributed by atoms with E-state index in [1.165, 1.54) is 0 Å². The summed E-state index contributed by atoms with van der Waals surface area (Å²) in [4.78, 5) is 52.1. The van der Waals surface area contributed by atoms with Crippen molar-refractivity contribution in [2.75, 3.05) is 13.2 Å². The van der Waals surface area contributed by atoms with Crippen molar-refractivity contribution in [3.8, 4) is 0 Å². The first-order chi connectivity index (χ1) is 16.2. The van der Waals surface area contributed by atoms with E-state index in [1.807, 2.05) is 44.2 Å². The molecule has 2 bridgehead atoms. The summed E-state index contributed by atoms with van der Waals surface area (Å²) in [6.45, 7) is 6.30. The summed E-state index contributed by atoms with van der Waals surface area (Å²) in [6, 6.07) is 9.29. The van der Waals surface area contributed by atoms with E-state index in [0.717, 1.165) is 18.4 Å². The molecule has 9 nitrogen and oxygen atoms in total. The monoisotopic (exact) mass is 472 g/mol. The molecule has 0 spiro atoms. The summed E-state index contributed by atoms with van der Waals surface area (Å²) in [5.41, 5.74) is -1.82. The smallest absolute Gasteiger partial charge is 0.408 e. The summed E-state index contributed by atoms with van der Waals surface area (Å²) < 4.78 is 5.41. The molecule has 2 aliphatic rings. The van der Waals surface area contributed by atoms with Crippen LogP contribution in [0.15, 0.2) is 30.3 Å². The van der Waals surface area contributed by atoms with E-state index in [2.05, 4.69) is 21.3 Å². The maximum Gasteiger partial charge on any atom is 0.408 e. The number of amides is 3. The molecule has 2 saturated heterocycles. The Bertz CT molecular complexity index is 906. The lowest BCUT2D eigenvalue weighted by Crippen LogP contribution is -2.67. The second-order valence-corrected chi connectivity index (χ2v) is 9.86. The molecule has 1 aromatic carbocycles. The van der Waals surface area contributed by atoms with Gasteiger partial charge in [-0.2, -0.15) is 0 Å². The van der Waals surface area contributed by atoms with Crippen molar-refractivity contribution in [3.05, 3.63) is 35.9 Å². The Morgan fingerprint density at radius 1 is 1.18 bits per heavy atom. The Morgan fingerprint density at radius 2 is 1.91 bits per heavy atom. The van der Waals surface area contributed by atoms with Crippen molar-refractivity contribution in [2.45, 2.75) is 70.6 Å². The van der Waals surface area contributed by atoms with Crippen molar-refractivity contribution in [1.29, 1.82) is 0 Å². The van der Waals surface area contributed by atoms with Crippen LogP contribution in [-0.2, 0) is 25.7 Å². The molecule has 3 rings (SSSR count). The average Bonchev–Trinajstić information content (AvgIpc) is 2.85. The first-order valence-corrected chi connectivity index (χ1v) is 12.0. The molecule has 0 aliphatic carbocycles. The number of hydrogen-bond donors (Lipinski definition) is 4. The Balaban J connectivity index is 1.85. The quantitative estimate of drug-likeness (QED) is 0.497. The maximum atomic E-state index is 13.7. The Labute approximate surface area is 200 Å². The highest BCUT2D eigenvalue weighted by Gasteiger charge is 2.49. The minimum Gasteiger partial charge on any atom is -0.445 e. The summed E-state index contributed by atoms with van der Waals surface area (Å²) in [6.07, 6.45) is 2.34. The molecule has 2 fully saturated rings. The second-order valence-electron chi connectivity index (χ2n) is 9.86. The average molecular weight is 473 g/mol. The van der Waals surface area contributed by atoms with Gasteiger partial charge in [-0.1, -0.05) is 57.0 Å². The third-order valence-corrected chi connectivity index (χ3v) is 7.01. The third kappa shape index (κ3) is 5.94. The largest absolute Gasteiger partial charge is 0.445 e. The van der Waals surface area contributed by atoms with Gasteiger partial charge in [0, 0.05) is 0 Å². The van der Waals surface area contributed by atoms with Crippen molar-refractivity contribution in [1.82, 2.24) is 21.3 Å². The van der Waals surface area contributed by atoms with Crippen LogP contribution in [0.3, 0.4) is 0 Å². The van der Waals surface area contributed by atoms with Gasteiger partial charge in [0.15, 0.2) is 0 Å². The van der Waals surface area contributed by atoms with Gasteiger partial charge in [-0.25, -0.2) is 4.79 Å². The molecule has 186 valence electrons. The Morgan fingerprint density at radius 3 is 2.62 bits per heavy atom. The fraction of sp³-hybridized carbons (Fsp3) is 0.600. The van der Waals surface area contributed by atoms with Gasteiger partial charge in [0.05, 0.1) is 6.67 Å². The van der Waals surface area contributed by atoms with Crippen molar-refractivity contribution in [3.63, 3.8) is 0 Å². The number of rotatable bonds is 4. The molecule has 0 saturated carbocycles. The zero-order valence-corrected chi connectivity index (χ0v) is 20.2. The standard InChI is InChI=1S/C25H36N4O5/c1-17(2)25(29-23(33)34-15-19-8-5-4-6-9-19)12-7-10-18-11-13-26-16-27-21(31)20(30)24(3,14-18)28-22(25)32/h4-6,8-9,17-18,26H,7,10-16H2,1-3H3,(H,27,31)(H,28,32)(H,29,33)/t18?,24?,25-/m1/s1. The summed E-state index contributed by atoms with van der Waals surface area (Å²) >= 11 is 0. The van der Waals surface area contributed by atoms with Crippen molar-refractivity contribution >= 4 is 23.7 Å². The first-order valence-electron chi connectivity index (χ1n) is 12.0. The SMILES string of the molecule is CC(C)[C@]1(NC(=O)OCc2ccccc2)CCCC2CCNCNC(=O)C(=O)C(C)(C2)NC1=O. The van der Waals surface area contributed by atoms with Crippen LogP contribution in [0.1, 0.15) is 58.4 Å². The van der Waals surface area contributed by atoms with Crippen molar-refractivity contribution < 1.29 is 23.9 Å². The molecule has 0 radical (unpaired) electrons. The molecule has 2 unspecified atom stereocenters. The van der Waals surface area contributed by atoms with Crippen LogP contribution >= 0.6 is 0 Å². The summed E-state index contributed by atoms with van der Waals surface area (Å²) in [5.74, 6) is -2.03. The van der Waals surface area contributed by atoms with Crippen LogP contribution in [0.2, 0.25) is 0 Å². The number of ether oxygens (including phenoxy) is 1. The third-order valence-electron chi connectivity index (χ3n) is 7.01. The number of fused-ring (bicyclic) bond motifs is 2. The van der Waals surface area contributed by atoms with Gasteiger partial charge in [0.2, 0.25) is 11.7 Å². The van der Waals surface area contributed by atoms with E-state index < -0.39 is 34.8 Å². The molecule has 1 aromatic rings. The van der Waals surface area contributed by atoms with Gasteiger partial charge in [0.25, 0.3) is 5.91 Å². The van der Waals surface area contributed by atoms with Gasteiger partial charge >= 0.3 is 6.09 Å². The van der Waals surface area contributed by atoms with Crippen LogP contribution in [0.4, 0.5) is 4.79 Å². The Hall–Kier alpha value is -2.94. The molecular weight excluding hydrogens is 436 g/mol. The van der Waals surface area contributed by atoms with Gasteiger partial charge in [-0.3, -0.25) is 19.7 Å². The lowest BCUT2D eigenvalue weighted by atomic mass is 9.80. The van der Waals surface area contributed by atoms with E-state index >= 15 is 0 Å². The molecular formula is C25H36N4O5. The van der Waals surface area contributed by atoms with Gasteiger partial charge < -0.3 is 20.7 Å². The fourth-order valence-corrected chi connectivity index (χ4v) is 4.90. The predicted molar refractivity (Wildman–Crippen MR) is 126 cm³/mol. The second kappa shape index (κ2) is 11.0. The van der Waals surface area contributed by atoms with Crippen LogP contribution < -0.4 is 21.3 Å². The molecule has 34 heavy (non-hydrogen) atoms. The van der Waals surface area contributed by atoms with Gasteiger partial charge in [-0.15, -0.1) is 0 Å². The lowest BCUT2D eigenvalue weighted by Gasteiger charge is -2.39. The maximum absolute atomic E-state index is 13.7. The molecule has 4 N–H and O–H groups in total. The molecule has 9 heteroatoms. The van der Waals surface area contributed by atoms with E-state index in [1.54, 1.807) is 6.92 Å². The lowest BCUT2D eigenvalue weighted by molar-refractivity contribution is -0.144. The van der Waals surface area contributed by atoms with E-state index in [-0.39, 0.29) is 25.1 Å². The van der Waals surface area contributed by atoms with E-state index in [9.17, 15) is 19.2 Å². The van der Waals surface area contributed by atoms with Crippen LogP contribution in [0.5, 0.6) is 0 Å². The number of alkyl carbamates (subject to hydrolysis) is 1. The highest BCUT2D eigenvalue weighted by molar-refractivity contribution is 6.39. The van der Waals surface area contributed by atoms with Gasteiger partial charge in [-0.05, 0) is 50.1 Å². The van der Waals surface area contributed by atoms with Crippen molar-refractivity contribution in [2.24, 2.45) is 11.8 Å². The Kier molecular flexibility index (Phi) is 8.30. The highest BCUT2D eigenvalue weighted by atomic mass is 16.5. The number of hydrogen-bond acceptors (Lipinski definition) is 6. The minimum absolute atomic E-state index is 0.0773. The van der Waals surface area contributed by atoms with Crippen LogP contribution in [-0.4, -0.2) is 48.0 Å². The number of Topliss-reactive ketones (excluding diaryl/α,β-unsaturated/α-hetero) is 1. The fourth-order valence-electron chi connectivity index (χ4n) is 4.90. The predicted octanol–water partition coefficient (Wildman–Crippen LogP) is 2.01. The van der Waals surface area contributed by atoms with E-state index in [0.29, 0.717) is 25.8 Å². The number of carbonyl (C=O) groups excluding carboxylic acids is 4. The molecule has 3 amide bonds. The highest BCUT2D eigenvalue weighted by Crippen LogP contribution is 2.33. The molecule has 2 heterocycles. The number of ketones is 1. The van der Waals surface area contributed by atoms with Crippen LogP contribution in [0, 0.1) is 11.8 Å². The summed E-state index contributed by atoms with van der Waals surface area (Å²) in [5, 5.41) is 11.4. The molecule has 0 aromatic heterocycles. The molecule has 3 atom stereocenters. The normalized spacial score (nSPS) is 28.6. The zero-order chi connectivity index (χ0) is 24.8. The zero-order valence-electron chi connectivity index (χ0n) is 20.2. The van der Waals surface area contributed by atoms with Crippen LogP contribution in [0.25, 0.3) is 0 Å². The number of carbonyl (C=O) groups is 4. The molecule has 2 aliphatic heterocycles. The number of benzene rings is 1. The summed E-state index contributed by atoms with van der Waals surface area (Å²) in [7, 11) is 0. The number of nitrogens with one attached hydrogen (secondary N) is 4.